The highest BCUT2D eigenvalue weighted by atomic mass is 16.1. The van der Waals surface area contributed by atoms with Gasteiger partial charge in [0, 0.05) is 5.56 Å². The van der Waals surface area contributed by atoms with Crippen LogP contribution in [-0.2, 0) is 0 Å². The van der Waals surface area contributed by atoms with Crippen LogP contribution in [0.4, 0.5) is 0 Å². The lowest BCUT2D eigenvalue weighted by atomic mass is 10.0. The fourth-order valence-electron chi connectivity index (χ4n) is 1.33. The van der Waals surface area contributed by atoms with E-state index in [1.165, 1.54) is 0 Å². The highest BCUT2D eigenvalue weighted by Gasteiger charge is 2.17. The molecular weight excluding hydrogens is 174 g/mol. The van der Waals surface area contributed by atoms with E-state index in [1.807, 2.05) is 49.3 Å². The summed E-state index contributed by atoms with van der Waals surface area (Å²) >= 11 is 0. The largest absolute Gasteiger partial charge is 0.296 e. The van der Waals surface area contributed by atoms with Crippen molar-refractivity contribution in [3.63, 3.8) is 0 Å². The molecule has 0 bridgehead atoms. The molecule has 2 heteroatoms. The quantitative estimate of drug-likeness (QED) is 0.533. The summed E-state index contributed by atoms with van der Waals surface area (Å²) in [6.45, 7) is 3.67. The van der Waals surface area contributed by atoms with Crippen molar-refractivity contribution in [2.75, 3.05) is 14.1 Å². The molecule has 2 nitrogen and oxygen atoms in total. The van der Waals surface area contributed by atoms with E-state index in [0.717, 1.165) is 5.56 Å². The minimum absolute atomic E-state index is 0.0885. The minimum atomic E-state index is -0.239. The van der Waals surface area contributed by atoms with Crippen molar-refractivity contribution in [2.45, 2.75) is 6.04 Å². The Labute approximate surface area is 84.9 Å². The van der Waals surface area contributed by atoms with Crippen LogP contribution in [0.25, 0.3) is 0 Å². The standard InChI is InChI=1S/C12H15NO/c1-4-11(13(2)3)12(14)10-8-6-5-7-9-10/h4-9,11H,1H2,2-3H3. The predicted molar refractivity (Wildman–Crippen MR) is 58.4 cm³/mol. The first-order chi connectivity index (χ1) is 6.66. The molecule has 0 heterocycles. The van der Waals surface area contributed by atoms with Crippen LogP contribution in [0.15, 0.2) is 43.0 Å². The van der Waals surface area contributed by atoms with Crippen molar-refractivity contribution in [3.8, 4) is 0 Å². The van der Waals surface area contributed by atoms with Gasteiger partial charge in [-0.2, -0.15) is 0 Å². The fourth-order valence-corrected chi connectivity index (χ4v) is 1.33. The number of Topliss-reactive ketones (excluding diaryl/α,β-unsaturated/α-hetero) is 1. The third-order valence-electron chi connectivity index (χ3n) is 2.11. The van der Waals surface area contributed by atoms with Gasteiger partial charge < -0.3 is 0 Å². The van der Waals surface area contributed by atoms with Gasteiger partial charge in [-0.3, -0.25) is 9.69 Å². The lowest BCUT2D eigenvalue weighted by molar-refractivity contribution is 0.0912. The van der Waals surface area contributed by atoms with Gasteiger partial charge in [-0.1, -0.05) is 36.4 Å². The smallest absolute Gasteiger partial charge is 0.183 e. The third kappa shape index (κ3) is 2.30. The molecule has 0 spiro atoms. The van der Waals surface area contributed by atoms with Crippen LogP contribution in [0.3, 0.4) is 0 Å². The molecule has 1 aromatic carbocycles. The molecule has 0 radical (unpaired) electrons. The topological polar surface area (TPSA) is 20.3 Å². The Morgan fingerprint density at radius 3 is 2.36 bits per heavy atom. The van der Waals surface area contributed by atoms with Gasteiger partial charge in [0.25, 0.3) is 0 Å². The molecule has 0 saturated heterocycles. The normalized spacial score (nSPS) is 12.5. The molecule has 0 aliphatic heterocycles. The van der Waals surface area contributed by atoms with Gasteiger partial charge in [-0.15, -0.1) is 6.58 Å². The number of likely N-dealkylation sites (N-methyl/N-ethyl adjacent to an activating group) is 1. The molecule has 14 heavy (non-hydrogen) atoms. The molecule has 1 atom stereocenters. The number of benzene rings is 1. The number of hydrogen-bond acceptors (Lipinski definition) is 2. The Kier molecular flexibility index (Phi) is 3.60. The van der Waals surface area contributed by atoms with Gasteiger partial charge in [-0.05, 0) is 14.1 Å². The molecule has 1 unspecified atom stereocenters. The van der Waals surface area contributed by atoms with Gasteiger partial charge in [-0.25, -0.2) is 0 Å². The molecule has 0 aromatic heterocycles. The number of ketones is 1. The van der Waals surface area contributed by atoms with Gasteiger partial charge in [0.05, 0.1) is 6.04 Å². The van der Waals surface area contributed by atoms with E-state index in [0.29, 0.717) is 0 Å². The first-order valence-corrected chi connectivity index (χ1v) is 4.55. The second-order valence-electron chi connectivity index (χ2n) is 3.37. The lowest BCUT2D eigenvalue weighted by Gasteiger charge is -2.19. The molecule has 0 aliphatic carbocycles. The maximum Gasteiger partial charge on any atom is 0.183 e. The fraction of sp³-hybridized carbons (Fsp3) is 0.250. The first-order valence-electron chi connectivity index (χ1n) is 4.55. The van der Waals surface area contributed by atoms with Gasteiger partial charge in [0.2, 0.25) is 0 Å². The average Bonchev–Trinajstić information content (AvgIpc) is 2.19. The monoisotopic (exact) mass is 189 g/mol. The van der Waals surface area contributed by atoms with Crippen LogP contribution >= 0.6 is 0 Å². The second kappa shape index (κ2) is 4.72. The van der Waals surface area contributed by atoms with Crippen LogP contribution in [0.2, 0.25) is 0 Å². The van der Waals surface area contributed by atoms with Crippen LogP contribution in [-0.4, -0.2) is 30.8 Å². The Morgan fingerprint density at radius 1 is 1.36 bits per heavy atom. The second-order valence-corrected chi connectivity index (χ2v) is 3.37. The third-order valence-corrected chi connectivity index (χ3v) is 2.11. The highest BCUT2D eigenvalue weighted by Crippen LogP contribution is 2.07. The Morgan fingerprint density at radius 2 is 1.93 bits per heavy atom. The van der Waals surface area contributed by atoms with Gasteiger partial charge >= 0.3 is 0 Å². The van der Waals surface area contributed by atoms with Crippen LogP contribution in [0, 0.1) is 0 Å². The van der Waals surface area contributed by atoms with E-state index in [-0.39, 0.29) is 11.8 Å². The first kappa shape index (κ1) is 10.7. The van der Waals surface area contributed by atoms with Crippen LogP contribution in [0.1, 0.15) is 10.4 Å². The number of rotatable bonds is 4. The van der Waals surface area contributed by atoms with Gasteiger partial charge in [0.1, 0.15) is 0 Å². The molecule has 0 aliphatic rings. The van der Waals surface area contributed by atoms with Crippen LogP contribution < -0.4 is 0 Å². The molecule has 0 saturated carbocycles. The summed E-state index contributed by atoms with van der Waals surface area (Å²) in [4.78, 5) is 13.8. The van der Waals surface area contributed by atoms with E-state index >= 15 is 0 Å². The van der Waals surface area contributed by atoms with E-state index in [2.05, 4.69) is 6.58 Å². The lowest BCUT2D eigenvalue weighted by Crippen LogP contribution is -2.33. The van der Waals surface area contributed by atoms with E-state index in [9.17, 15) is 4.79 Å². The average molecular weight is 189 g/mol. The highest BCUT2D eigenvalue weighted by molar-refractivity contribution is 6.01. The molecule has 1 aromatic rings. The molecule has 0 fully saturated rings. The van der Waals surface area contributed by atoms with E-state index in [4.69, 9.17) is 0 Å². The zero-order valence-corrected chi connectivity index (χ0v) is 8.60. The van der Waals surface area contributed by atoms with Crippen molar-refractivity contribution in [2.24, 2.45) is 0 Å². The van der Waals surface area contributed by atoms with Crippen molar-refractivity contribution in [1.82, 2.24) is 4.90 Å². The number of carbonyl (C=O) groups is 1. The molecule has 0 amide bonds. The number of hydrogen-bond donors (Lipinski definition) is 0. The van der Waals surface area contributed by atoms with Crippen molar-refractivity contribution < 1.29 is 4.79 Å². The zero-order valence-electron chi connectivity index (χ0n) is 8.60. The summed E-state index contributed by atoms with van der Waals surface area (Å²) in [5, 5.41) is 0. The van der Waals surface area contributed by atoms with E-state index < -0.39 is 0 Å². The number of carbonyl (C=O) groups excluding carboxylic acids is 1. The summed E-state index contributed by atoms with van der Waals surface area (Å²) in [7, 11) is 3.74. The molecule has 1 rings (SSSR count). The molecule has 0 N–H and O–H groups in total. The van der Waals surface area contributed by atoms with Crippen LogP contribution in [0.5, 0.6) is 0 Å². The zero-order chi connectivity index (χ0) is 10.6. The van der Waals surface area contributed by atoms with Crippen molar-refractivity contribution in [1.29, 1.82) is 0 Å². The Balaban J connectivity index is 2.89. The minimum Gasteiger partial charge on any atom is -0.296 e. The molecular formula is C12H15NO. The maximum absolute atomic E-state index is 11.9. The summed E-state index contributed by atoms with van der Waals surface area (Å²) in [5.41, 5.74) is 0.728. The Bertz CT molecular complexity index is 316. The summed E-state index contributed by atoms with van der Waals surface area (Å²) in [6, 6.07) is 9.03. The predicted octanol–water partition coefficient (Wildman–Crippen LogP) is 1.99. The SMILES string of the molecule is C=CC(C(=O)c1ccccc1)N(C)C. The van der Waals surface area contributed by atoms with E-state index in [1.54, 1.807) is 6.08 Å². The number of nitrogens with zero attached hydrogens (tertiary/aromatic N) is 1. The van der Waals surface area contributed by atoms with Crippen molar-refractivity contribution >= 4 is 5.78 Å². The summed E-state index contributed by atoms with van der Waals surface area (Å²) in [6.07, 6.45) is 1.66. The Hall–Kier alpha value is -1.41. The van der Waals surface area contributed by atoms with Crippen molar-refractivity contribution in [3.05, 3.63) is 48.6 Å². The molecule has 74 valence electrons. The van der Waals surface area contributed by atoms with Gasteiger partial charge in [0.15, 0.2) is 5.78 Å². The summed E-state index contributed by atoms with van der Waals surface area (Å²) in [5.74, 6) is 0.0885. The summed E-state index contributed by atoms with van der Waals surface area (Å²) < 4.78 is 0. The maximum atomic E-state index is 11.9.